The average molecular weight is 290 g/mol. The van der Waals surface area contributed by atoms with Gasteiger partial charge in [0.1, 0.15) is 0 Å². The normalized spacial score (nSPS) is 15.1. The minimum Gasteiger partial charge on any atom is -0.384 e. The van der Waals surface area contributed by atoms with E-state index in [1.807, 2.05) is 6.07 Å². The number of anilines is 1. The first-order valence-electron chi connectivity index (χ1n) is 7.99. The predicted molar refractivity (Wildman–Crippen MR) is 85.6 cm³/mol. The van der Waals surface area contributed by atoms with E-state index in [2.05, 4.69) is 27.4 Å². The topological polar surface area (TPSA) is 57.3 Å². The van der Waals surface area contributed by atoms with Gasteiger partial charge in [0.2, 0.25) is 0 Å². The molecule has 0 spiro atoms. The minimum absolute atomic E-state index is 0.0388. The second-order valence-corrected chi connectivity index (χ2v) is 5.51. The molecule has 21 heavy (non-hydrogen) atoms. The van der Waals surface area contributed by atoms with Gasteiger partial charge in [0.15, 0.2) is 0 Å². The lowest BCUT2D eigenvalue weighted by Gasteiger charge is -2.15. The Morgan fingerprint density at radius 3 is 2.90 bits per heavy atom. The van der Waals surface area contributed by atoms with Gasteiger partial charge in [0, 0.05) is 25.5 Å². The highest BCUT2D eigenvalue weighted by molar-refractivity contribution is 5.99. The van der Waals surface area contributed by atoms with Gasteiger partial charge in [0.25, 0.3) is 5.91 Å². The average Bonchev–Trinajstić information content (AvgIpc) is 3.03. The van der Waals surface area contributed by atoms with Crippen LogP contribution >= 0.6 is 0 Å². The first-order valence-corrected chi connectivity index (χ1v) is 7.99. The molecule has 116 valence electrons. The van der Waals surface area contributed by atoms with Gasteiger partial charge in [0.05, 0.1) is 11.3 Å². The lowest BCUT2D eigenvalue weighted by atomic mass is 10.2. The summed E-state index contributed by atoms with van der Waals surface area (Å²) in [7, 11) is 0. The van der Waals surface area contributed by atoms with Crippen LogP contribution in [0.15, 0.2) is 18.5 Å². The van der Waals surface area contributed by atoms with Gasteiger partial charge in [-0.05, 0) is 51.4 Å². The molecule has 0 atom stereocenters. The maximum Gasteiger partial charge on any atom is 0.254 e. The second-order valence-electron chi connectivity index (χ2n) is 5.51. The molecule has 0 aliphatic carbocycles. The Morgan fingerprint density at radius 1 is 1.33 bits per heavy atom. The molecule has 1 aromatic rings. The molecule has 0 unspecified atom stereocenters. The van der Waals surface area contributed by atoms with E-state index in [0.29, 0.717) is 5.56 Å². The molecule has 2 rings (SSSR count). The second kappa shape index (κ2) is 8.62. The third-order valence-electron chi connectivity index (χ3n) is 3.77. The van der Waals surface area contributed by atoms with E-state index >= 15 is 0 Å². The van der Waals surface area contributed by atoms with Crippen LogP contribution in [0.3, 0.4) is 0 Å². The summed E-state index contributed by atoms with van der Waals surface area (Å²) >= 11 is 0. The van der Waals surface area contributed by atoms with E-state index in [1.165, 1.54) is 25.9 Å². The predicted octanol–water partition coefficient (Wildman–Crippen LogP) is 2.12. The molecule has 0 aromatic carbocycles. The molecule has 0 bridgehead atoms. The summed E-state index contributed by atoms with van der Waals surface area (Å²) in [5, 5.41) is 6.26. The highest BCUT2D eigenvalue weighted by Gasteiger charge is 2.12. The summed E-state index contributed by atoms with van der Waals surface area (Å²) < 4.78 is 0. The quantitative estimate of drug-likeness (QED) is 0.720. The van der Waals surface area contributed by atoms with Crippen molar-refractivity contribution in [3.8, 4) is 0 Å². The van der Waals surface area contributed by atoms with Crippen molar-refractivity contribution < 1.29 is 4.79 Å². The van der Waals surface area contributed by atoms with E-state index in [0.717, 1.165) is 38.2 Å². The molecule has 1 aromatic heterocycles. The Labute approximate surface area is 127 Å². The summed E-state index contributed by atoms with van der Waals surface area (Å²) in [6.07, 6.45) is 8.00. The summed E-state index contributed by atoms with van der Waals surface area (Å²) in [5.74, 6) is -0.0388. The molecule has 1 fully saturated rings. The van der Waals surface area contributed by atoms with E-state index in [9.17, 15) is 4.79 Å². The maximum atomic E-state index is 12.2. The molecule has 0 saturated carbocycles. The van der Waals surface area contributed by atoms with Crippen LogP contribution in [0, 0.1) is 0 Å². The van der Waals surface area contributed by atoms with Crippen LogP contribution in [0.2, 0.25) is 0 Å². The SMILES string of the molecule is CCCNc1ccncc1C(=O)NCCCN1CCCC1. The standard InChI is InChI=1S/C16H26N4O/c1-2-7-18-15-6-9-17-13-14(15)16(21)19-8-5-12-20-10-3-4-11-20/h6,9,13H,2-5,7-8,10-12H2,1H3,(H,17,18)(H,19,21). The molecule has 1 amide bonds. The number of hydrogen-bond donors (Lipinski definition) is 2. The summed E-state index contributed by atoms with van der Waals surface area (Å²) in [6.45, 7) is 7.18. The van der Waals surface area contributed by atoms with Gasteiger partial charge < -0.3 is 15.5 Å². The van der Waals surface area contributed by atoms with E-state index < -0.39 is 0 Å². The molecule has 1 aliphatic heterocycles. The van der Waals surface area contributed by atoms with Gasteiger partial charge in [-0.25, -0.2) is 0 Å². The van der Waals surface area contributed by atoms with E-state index in [4.69, 9.17) is 0 Å². The lowest BCUT2D eigenvalue weighted by Crippen LogP contribution is -2.29. The van der Waals surface area contributed by atoms with Crippen molar-refractivity contribution in [1.29, 1.82) is 0 Å². The van der Waals surface area contributed by atoms with Crippen LogP contribution in [-0.2, 0) is 0 Å². The van der Waals surface area contributed by atoms with E-state index in [-0.39, 0.29) is 5.91 Å². The number of aromatic nitrogens is 1. The van der Waals surface area contributed by atoms with Crippen molar-refractivity contribution >= 4 is 11.6 Å². The minimum atomic E-state index is -0.0388. The van der Waals surface area contributed by atoms with E-state index in [1.54, 1.807) is 12.4 Å². The monoisotopic (exact) mass is 290 g/mol. The Balaban J connectivity index is 1.76. The van der Waals surface area contributed by atoms with Crippen LogP contribution in [0.5, 0.6) is 0 Å². The van der Waals surface area contributed by atoms with Crippen molar-refractivity contribution in [2.75, 3.05) is 38.0 Å². The lowest BCUT2D eigenvalue weighted by molar-refractivity contribution is 0.0952. The first kappa shape index (κ1) is 15.8. The fourth-order valence-electron chi connectivity index (χ4n) is 2.60. The van der Waals surface area contributed by atoms with Crippen molar-refractivity contribution in [2.24, 2.45) is 0 Å². The van der Waals surface area contributed by atoms with Crippen LogP contribution in [0.25, 0.3) is 0 Å². The number of amides is 1. The largest absolute Gasteiger partial charge is 0.384 e. The zero-order valence-corrected chi connectivity index (χ0v) is 12.9. The molecule has 1 saturated heterocycles. The highest BCUT2D eigenvalue weighted by Crippen LogP contribution is 2.13. The smallest absolute Gasteiger partial charge is 0.254 e. The Bertz CT molecular complexity index is 444. The van der Waals surface area contributed by atoms with Crippen LogP contribution in [-0.4, -0.2) is 48.5 Å². The van der Waals surface area contributed by atoms with Gasteiger partial charge in [-0.2, -0.15) is 0 Å². The summed E-state index contributed by atoms with van der Waals surface area (Å²) in [5.41, 5.74) is 1.50. The number of rotatable bonds is 8. The molecule has 5 nitrogen and oxygen atoms in total. The van der Waals surface area contributed by atoms with Crippen molar-refractivity contribution in [2.45, 2.75) is 32.6 Å². The maximum absolute atomic E-state index is 12.2. The van der Waals surface area contributed by atoms with Crippen molar-refractivity contribution in [3.63, 3.8) is 0 Å². The molecule has 0 radical (unpaired) electrons. The number of carbonyl (C=O) groups is 1. The third kappa shape index (κ3) is 5.01. The Morgan fingerprint density at radius 2 is 2.14 bits per heavy atom. The molecule has 1 aliphatic rings. The molecule has 2 N–H and O–H groups in total. The highest BCUT2D eigenvalue weighted by atomic mass is 16.1. The number of carbonyl (C=O) groups excluding carboxylic acids is 1. The van der Waals surface area contributed by atoms with Gasteiger partial charge in [-0.1, -0.05) is 6.92 Å². The van der Waals surface area contributed by atoms with Gasteiger partial charge >= 0.3 is 0 Å². The fourth-order valence-corrected chi connectivity index (χ4v) is 2.60. The van der Waals surface area contributed by atoms with Crippen LogP contribution in [0.1, 0.15) is 43.0 Å². The Hall–Kier alpha value is -1.62. The van der Waals surface area contributed by atoms with Crippen molar-refractivity contribution in [3.05, 3.63) is 24.0 Å². The van der Waals surface area contributed by atoms with Crippen LogP contribution in [0.4, 0.5) is 5.69 Å². The Kier molecular flexibility index (Phi) is 6.47. The van der Waals surface area contributed by atoms with Gasteiger partial charge in [-0.15, -0.1) is 0 Å². The molecule has 2 heterocycles. The summed E-state index contributed by atoms with van der Waals surface area (Å²) in [6, 6.07) is 1.86. The van der Waals surface area contributed by atoms with Crippen molar-refractivity contribution in [1.82, 2.24) is 15.2 Å². The number of nitrogens with one attached hydrogen (secondary N) is 2. The molecule has 5 heteroatoms. The first-order chi connectivity index (χ1) is 10.3. The van der Waals surface area contributed by atoms with Crippen LogP contribution < -0.4 is 10.6 Å². The zero-order valence-electron chi connectivity index (χ0n) is 12.9. The fraction of sp³-hybridized carbons (Fsp3) is 0.625. The zero-order chi connectivity index (χ0) is 14.9. The number of hydrogen-bond acceptors (Lipinski definition) is 4. The molecular formula is C16H26N4O. The summed E-state index contributed by atoms with van der Waals surface area (Å²) in [4.78, 5) is 18.7. The third-order valence-corrected chi connectivity index (χ3v) is 3.77. The van der Waals surface area contributed by atoms with Gasteiger partial charge in [-0.3, -0.25) is 9.78 Å². The molecular weight excluding hydrogens is 264 g/mol. The number of likely N-dealkylation sites (tertiary alicyclic amines) is 1. The number of nitrogens with zero attached hydrogens (tertiary/aromatic N) is 2. The number of pyridine rings is 1.